The third kappa shape index (κ3) is 2.60. The van der Waals surface area contributed by atoms with Crippen LogP contribution in [0, 0.1) is 11.8 Å². The first kappa shape index (κ1) is 13.9. The van der Waals surface area contributed by atoms with Crippen LogP contribution in [-0.4, -0.2) is 31.0 Å². The number of hydrogen-bond acceptors (Lipinski definition) is 4. The van der Waals surface area contributed by atoms with Gasteiger partial charge in [0, 0.05) is 19.2 Å². The molecule has 5 heteroatoms. The van der Waals surface area contributed by atoms with Crippen LogP contribution in [0.4, 0.5) is 0 Å². The molecule has 112 valence electrons. The Labute approximate surface area is 123 Å². The number of allylic oxidation sites excluding steroid dienone is 2. The highest BCUT2D eigenvalue weighted by Crippen LogP contribution is 2.36. The molecule has 2 atom stereocenters. The molecule has 0 bridgehead atoms. The van der Waals surface area contributed by atoms with Gasteiger partial charge in [0.05, 0.1) is 7.11 Å². The number of rotatable bonds is 2. The normalized spacial score (nSPS) is 24.5. The summed E-state index contributed by atoms with van der Waals surface area (Å²) in [4.78, 5) is 26.0. The predicted octanol–water partition coefficient (Wildman–Crippen LogP) is 2.08. The molecule has 1 aromatic rings. The highest BCUT2D eigenvalue weighted by molar-refractivity contribution is 5.91. The molecule has 1 aromatic heterocycles. The zero-order chi connectivity index (χ0) is 15.0. The second-order valence-electron chi connectivity index (χ2n) is 5.90. The number of ether oxygens (including phenoxy) is 1. The number of carbonyl (C=O) groups excluding carboxylic acids is 1. The van der Waals surface area contributed by atoms with Gasteiger partial charge in [-0.3, -0.25) is 9.59 Å². The van der Waals surface area contributed by atoms with Gasteiger partial charge in [-0.2, -0.15) is 0 Å². The van der Waals surface area contributed by atoms with Gasteiger partial charge in [0.15, 0.2) is 5.76 Å². The molecule has 1 fully saturated rings. The molecule has 5 nitrogen and oxygen atoms in total. The van der Waals surface area contributed by atoms with Crippen molar-refractivity contribution in [2.24, 2.45) is 11.8 Å². The maximum absolute atomic E-state index is 12.5. The van der Waals surface area contributed by atoms with Crippen molar-refractivity contribution in [3.05, 3.63) is 40.0 Å². The van der Waals surface area contributed by atoms with E-state index in [9.17, 15) is 9.59 Å². The van der Waals surface area contributed by atoms with Gasteiger partial charge >= 0.3 is 0 Å². The number of hydrogen-bond donors (Lipinski definition) is 0. The predicted molar refractivity (Wildman–Crippen MR) is 77.4 cm³/mol. The van der Waals surface area contributed by atoms with Gasteiger partial charge in [0.25, 0.3) is 5.91 Å². The van der Waals surface area contributed by atoms with Crippen molar-refractivity contribution < 1.29 is 13.9 Å². The van der Waals surface area contributed by atoms with E-state index in [0.29, 0.717) is 11.8 Å². The molecular formula is C16H19NO4. The van der Waals surface area contributed by atoms with E-state index < -0.39 is 0 Å². The second-order valence-corrected chi connectivity index (χ2v) is 5.90. The maximum Gasteiger partial charge on any atom is 0.289 e. The van der Waals surface area contributed by atoms with Gasteiger partial charge in [-0.25, -0.2) is 0 Å². The van der Waals surface area contributed by atoms with Gasteiger partial charge in [-0.1, -0.05) is 11.6 Å². The third-order valence-electron chi connectivity index (χ3n) is 4.45. The van der Waals surface area contributed by atoms with Crippen LogP contribution in [-0.2, 0) is 0 Å². The Morgan fingerprint density at radius 1 is 1.38 bits per heavy atom. The third-order valence-corrected chi connectivity index (χ3v) is 4.45. The van der Waals surface area contributed by atoms with Crippen LogP contribution in [0.15, 0.2) is 33.2 Å². The van der Waals surface area contributed by atoms with E-state index in [0.717, 1.165) is 25.9 Å². The topological polar surface area (TPSA) is 59.8 Å². The lowest BCUT2D eigenvalue weighted by Crippen LogP contribution is -2.29. The first-order valence-electron chi connectivity index (χ1n) is 7.20. The Bertz CT molecular complexity index is 646. The monoisotopic (exact) mass is 289 g/mol. The van der Waals surface area contributed by atoms with Gasteiger partial charge in [0.2, 0.25) is 11.2 Å². The summed E-state index contributed by atoms with van der Waals surface area (Å²) in [6.07, 6.45) is 5.56. The lowest BCUT2D eigenvalue weighted by molar-refractivity contribution is 0.0749. The van der Waals surface area contributed by atoms with Gasteiger partial charge in [-0.05, 0) is 31.6 Å². The van der Waals surface area contributed by atoms with Gasteiger partial charge in [-0.15, -0.1) is 0 Å². The second kappa shape index (κ2) is 5.39. The molecule has 1 amide bonds. The number of amides is 1. The van der Waals surface area contributed by atoms with Crippen molar-refractivity contribution >= 4 is 5.91 Å². The zero-order valence-electron chi connectivity index (χ0n) is 12.3. The Kier molecular flexibility index (Phi) is 3.57. The SMILES string of the molecule is COc1coc(C(=O)N2C[C@H]3CC(C)=CC[C@H]3C2)cc1=O. The molecule has 0 saturated carbocycles. The Hall–Kier alpha value is -2.04. The first-order valence-corrected chi connectivity index (χ1v) is 7.20. The lowest BCUT2D eigenvalue weighted by Gasteiger charge is -2.21. The van der Waals surface area contributed by atoms with E-state index in [1.165, 1.54) is 25.0 Å². The van der Waals surface area contributed by atoms with Crippen molar-refractivity contribution in [3.63, 3.8) is 0 Å². The summed E-state index contributed by atoms with van der Waals surface area (Å²) < 4.78 is 10.1. The van der Waals surface area contributed by atoms with E-state index >= 15 is 0 Å². The van der Waals surface area contributed by atoms with Crippen molar-refractivity contribution in [3.8, 4) is 5.75 Å². The van der Waals surface area contributed by atoms with Crippen LogP contribution in [0.5, 0.6) is 5.75 Å². The highest BCUT2D eigenvalue weighted by Gasteiger charge is 2.37. The lowest BCUT2D eigenvalue weighted by atomic mass is 9.83. The van der Waals surface area contributed by atoms with Crippen molar-refractivity contribution in [2.75, 3.05) is 20.2 Å². The summed E-state index contributed by atoms with van der Waals surface area (Å²) in [6.45, 7) is 3.62. The van der Waals surface area contributed by atoms with E-state index in [1.54, 1.807) is 4.90 Å². The van der Waals surface area contributed by atoms with E-state index in [1.807, 2.05) is 0 Å². The largest absolute Gasteiger partial charge is 0.490 e. The molecule has 2 heterocycles. The number of methoxy groups -OCH3 is 1. The molecular weight excluding hydrogens is 270 g/mol. The molecule has 3 rings (SSSR count). The highest BCUT2D eigenvalue weighted by atomic mass is 16.5. The van der Waals surface area contributed by atoms with E-state index in [-0.39, 0.29) is 22.8 Å². The quantitative estimate of drug-likeness (QED) is 0.782. The first-order chi connectivity index (χ1) is 10.1. The summed E-state index contributed by atoms with van der Waals surface area (Å²) in [6, 6.07) is 1.21. The Morgan fingerprint density at radius 3 is 2.86 bits per heavy atom. The average Bonchev–Trinajstić information content (AvgIpc) is 2.89. The molecule has 21 heavy (non-hydrogen) atoms. The minimum atomic E-state index is -0.332. The Balaban J connectivity index is 1.75. The van der Waals surface area contributed by atoms with Crippen LogP contribution in [0.3, 0.4) is 0 Å². The smallest absolute Gasteiger partial charge is 0.289 e. The van der Waals surface area contributed by atoms with Crippen molar-refractivity contribution in [2.45, 2.75) is 19.8 Å². The van der Waals surface area contributed by atoms with Crippen LogP contribution in [0.25, 0.3) is 0 Å². The molecule has 1 saturated heterocycles. The summed E-state index contributed by atoms with van der Waals surface area (Å²) in [7, 11) is 1.40. The fourth-order valence-electron chi connectivity index (χ4n) is 3.27. The van der Waals surface area contributed by atoms with Gasteiger partial charge < -0.3 is 14.1 Å². The number of carbonyl (C=O) groups is 1. The molecule has 1 aliphatic carbocycles. The number of nitrogens with zero attached hydrogens (tertiary/aromatic N) is 1. The van der Waals surface area contributed by atoms with Gasteiger partial charge in [0.1, 0.15) is 6.26 Å². The molecule has 0 unspecified atom stereocenters. The van der Waals surface area contributed by atoms with Crippen LogP contribution >= 0.6 is 0 Å². The summed E-state index contributed by atoms with van der Waals surface area (Å²) in [5.41, 5.74) is 1.07. The van der Waals surface area contributed by atoms with E-state index in [4.69, 9.17) is 9.15 Å². The zero-order valence-corrected chi connectivity index (χ0v) is 12.3. The maximum atomic E-state index is 12.5. The number of likely N-dealkylation sites (tertiary alicyclic amines) is 1. The fourth-order valence-corrected chi connectivity index (χ4v) is 3.27. The minimum absolute atomic E-state index is 0.0872. The molecule has 0 aromatic carbocycles. The summed E-state index contributed by atoms with van der Waals surface area (Å²) in [5.74, 6) is 1.05. The summed E-state index contributed by atoms with van der Waals surface area (Å²) >= 11 is 0. The molecule has 0 N–H and O–H groups in total. The molecule has 0 radical (unpaired) electrons. The van der Waals surface area contributed by atoms with Crippen LogP contribution in [0.2, 0.25) is 0 Å². The number of fused-ring (bicyclic) bond motifs is 1. The van der Waals surface area contributed by atoms with Crippen molar-refractivity contribution in [1.82, 2.24) is 4.90 Å². The van der Waals surface area contributed by atoms with E-state index in [2.05, 4.69) is 13.0 Å². The minimum Gasteiger partial charge on any atom is -0.490 e. The van der Waals surface area contributed by atoms with Crippen LogP contribution < -0.4 is 10.2 Å². The molecule has 0 spiro atoms. The molecule has 2 aliphatic rings. The Morgan fingerprint density at radius 2 is 2.14 bits per heavy atom. The standard InChI is InChI=1S/C16H19NO4/c1-10-3-4-11-7-17(8-12(11)5-10)16(19)14-6-13(18)15(20-2)9-21-14/h3,6,9,11-12H,4-5,7-8H2,1-2H3/t11-,12+/m0/s1. The van der Waals surface area contributed by atoms with Crippen LogP contribution in [0.1, 0.15) is 30.3 Å². The summed E-state index contributed by atoms with van der Waals surface area (Å²) in [5, 5.41) is 0. The average molecular weight is 289 g/mol. The fraction of sp³-hybridized carbons (Fsp3) is 0.500. The van der Waals surface area contributed by atoms with Crippen molar-refractivity contribution in [1.29, 1.82) is 0 Å². The molecule has 1 aliphatic heterocycles.